The SMILES string of the molecule is C=C=C(c1cc(C(=O)O)cc(C(=C=C)n2ccnn2)c1)n1ccnn1. The Morgan fingerprint density at radius 2 is 1.32 bits per heavy atom. The minimum absolute atomic E-state index is 0.0771. The number of carbonyl (C=O) groups is 1. The molecular formula is C17H12N6O2. The molecule has 0 saturated carbocycles. The van der Waals surface area contributed by atoms with Gasteiger partial charge in [0, 0.05) is 11.1 Å². The fourth-order valence-electron chi connectivity index (χ4n) is 2.31. The van der Waals surface area contributed by atoms with Crippen LogP contribution in [0.1, 0.15) is 21.5 Å². The van der Waals surface area contributed by atoms with E-state index in [1.165, 1.54) is 33.9 Å². The standard InChI is InChI=1S/C17H12N6O2/c1-3-15(22-7-5-18-20-22)12-9-13(11-14(10-12)17(24)25)16(4-2)23-8-6-19-21-23/h5-11H,1-2H2,(H,24,25). The van der Waals surface area contributed by atoms with E-state index < -0.39 is 5.97 Å². The van der Waals surface area contributed by atoms with Crippen molar-refractivity contribution in [2.45, 2.75) is 0 Å². The van der Waals surface area contributed by atoms with Crippen molar-refractivity contribution in [3.8, 4) is 0 Å². The molecule has 1 N–H and O–H groups in total. The Balaban J connectivity index is 2.21. The molecule has 8 nitrogen and oxygen atoms in total. The lowest BCUT2D eigenvalue weighted by Gasteiger charge is -2.11. The normalized spacial score (nSPS) is 9.92. The van der Waals surface area contributed by atoms with Crippen LogP contribution in [-0.4, -0.2) is 41.1 Å². The Morgan fingerprint density at radius 3 is 1.64 bits per heavy atom. The number of aromatic carboxylic acids is 1. The maximum atomic E-state index is 11.5. The minimum atomic E-state index is -1.08. The van der Waals surface area contributed by atoms with Crippen molar-refractivity contribution in [3.05, 3.63) is 84.3 Å². The van der Waals surface area contributed by atoms with E-state index in [9.17, 15) is 9.90 Å². The molecule has 2 heterocycles. The van der Waals surface area contributed by atoms with Gasteiger partial charge in [-0.15, -0.1) is 21.7 Å². The van der Waals surface area contributed by atoms with E-state index in [2.05, 4.69) is 45.2 Å². The zero-order valence-corrected chi connectivity index (χ0v) is 13.0. The van der Waals surface area contributed by atoms with Crippen LogP contribution < -0.4 is 0 Å². The lowest BCUT2D eigenvalue weighted by Crippen LogP contribution is -2.06. The van der Waals surface area contributed by atoms with Crippen molar-refractivity contribution in [3.63, 3.8) is 0 Å². The predicted octanol–water partition coefficient (Wildman–Crippen LogP) is 1.92. The number of nitrogens with zero attached hydrogens (tertiary/aromatic N) is 6. The number of hydrogen-bond donors (Lipinski definition) is 1. The van der Waals surface area contributed by atoms with Gasteiger partial charge in [0.15, 0.2) is 0 Å². The second-order valence-electron chi connectivity index (χ2n) is 4.85. The molecule has 0 saturated heterocycles. The Morgan fingerprint density at radius 1 is 0.880 bits per heavy atom. The quantitative estimate of drug-likeness (QED) is 0.717. The van der Waals surface area contributed by atoms with Gasteiger partial charge in [-0.25, -0.2) is 14.2 Å². The molecule has 0 amide bonds. The molecule has 0 aliphatic heterocycles. The highest BCUT2D eigenvalue weighted by atomic mass is 16.4. The van der Waals surface area contributed by atoms with E-state index in [0.29, 0.717) is 22.5 Å². The second-order valence-corrected chi connectivity index (χ2v) is 4.85. The van der Waals surface area contributed by atoms with Crippen LogP contribution in [0.25, 0.3) is 11.4 Å². The van der Waals surface area contributed by atoms with E-state index in [4.69, 9.17) is 0 Å². The van der Waals surface area contributed by atoms with E-state index in [1.54, 1.807) is 18.5 Å². The van der Waals surface area contributed by atoms with Crippen LogP contribution in [0.2, 0.25) is 0 Å². The molecule has 0 spiro atoms. The molecule has 3 rings (SSSR count). The molecule has 25 heavy (non-hydrogen) atoms. The highest BCUT2D eigenvalue weighted by Gasteiger charge is 2.15. The van der Waals surface area contributed by atoms with Gasteiger partial charge in [-0.2, -0.15) is 0 Å². The van der Waals surface area contributed by atoms with Gasteiger partial charge in [-0.1, -0.05) is 23.6 Å². The Labute approximate surface area is 142 Å². The summed E-state index contributed by atoms with van der Waals surface area (Å²) in [6, 6.07) is 4.75. The minimum Gasteiger partial charge on any atom is -0.478 e. The zero-order valence-electron chi connectivity index (χ0n) is 13.0. The van der Waals surface area contributed by atoms with Gasteiger partial charge in [-0.3, -0.25) is 0 Å². The molecule has 8 heteroatoms. The summed E-state index contributed by atoms with van der Waals surface area (Å²) in [4.78, 5) is 11.5. The number of carboxylic acids is 1. The lowest BCUT2D eigenvalue weighted by atomic mass is 10.0. The first-order valence-electron chi connectivity index (χ1n) is 7.06. The van der Waals surface area contributed by atoms with Crippen LogP contribution >= 0.6 is 0 Å². The van der Waals surface area contributed by atoms with E-state index in [-0.39, 0.29) is 5.56 Å². The number of carboxylic acid groups (broad SMARTS) is 1. The topological polar surface area (TPSA) is 98.7 Å². The first kappa shape index (κ1) is 15.9. The average molecular weight is 332 g/mol. The van der Waals surface area contributed by atoms with Crippen LogP contribution in [0.4, 0.5) is 0 Å². The summed E-state index contributed by atoms with van der Waals surface area (Å²) < 4.78 is 2.90. The zero-order chi connectivity index (χ0) is 17.8. The van der Waals surface area contributed by atoms with Gasteiger partial charge in [0.1, 0.15) is 11.4 Å². The monoisotopic (exact) mass is 332 g/mol. The Bertz CT molecular complexity index is 947. The van der Waals surface area contributed by atoms with Crippen molar-refractivity contribution in [2.24, 2.45) is 0 Å². The highest BCUT2D eigenvalue weighted by Crippen LogP contribution is 2.23. The fourth-order valence-corrected chi connectivity index (χ4v) is 2.31. The van der Waals surface area contributed by atoms with Crippen LogP contribution in [0.3, 0.4) is 0 Å². The van der Waals surface area contributed by atoms with Gasteiger partial charge in [0.05, 0.1) is 30.4 Å². The molecule has 0 unspecified atom stereocenters. The fraction of sp³-hybridized carbons (Fsp3) is 0. The summed E-state index contributed by atoms with van der Waals surface area (Å²) in [7, 11) is 0. The maximum Gasteiger partial charge on any atom is 0.335 e. The van der Waals surface area contributed by atoms with E-state index in [1.807, 2.05) is 0 Å². The summed E-state index contributed by atoms with van der Waals surface area (Å²) >= 11 is 0. The van der Waals surface area contributed by atoms with Gasteiger partial charge in [0.2, 0.25) is 0 Å². The Kier molecular flexibility index (Phi) is 4.22. The van der Waals surface area contributed by atoms with Gasteiger partial charge >= 0.3 is 5.97 Å². The number of rotatable bonds is 5. The molecular weight excluding hydrogens is 320 g/mol. The molecule has 0 aliphatic rings. The number of hydrogen-bond acceptors (Lipinski definition) is 5. The van der Waals surface area contributed by atoms with Gasteiger partial charge in [-0.05, 0) is 18.2 Å². The van der Waals surface area contributed by atoms with Crippen molar-refractivity contribution in [2.75, 3.05) is 0 Å². The van der Waals surface area contributed by atoms with Gasteiger partial charge in [0.25, 0.3) is 0 Å². The molecule has 0 aliphatic carbocycles. The number of benzene rings is 1. The largest absolute Gasteiger partial charge is 0.478 e. The van der Waals surface area contributed by atoms with Crippen LogP contribution in [0.15, 0.2) is 67.6 Å². The van der Waals surface area contributed by atoms with Gasteiger partial charge < -0.3 is 5.11 Å². The molecule has 1 aromatic carbocycles. The third-order valence-corrected chi connectivity index (χ3v) is 3.36. The Hall–Kier alpha value is -3.99. The highest BCUT2D eigenvalue weighted by molar-refractivity contribution is 5.90. The maximum absolute atomic E-state index is 11.5. The summed E-state index contributed by atoms with van der Waals surface area (Å²) in [6.07, 6.45) is 6.23. The van der Waals surface area contributed by atoms with Crippen molar-refractivity contribution in [1.29, 1.82) is 0 Å². The molecule has 122 valence electrons. The second kappa shape index (κ2) is 6.64. The predicted molar refractivity (Wildman–Crippen MR) is 89.3 cm³/mol. The molecule has 3 aromatic rings. The summed E-state index contributed by atoms with van der Waals surface area (Å²) in [5.74, 6) is -1.08. The van der Waals surface area contributed by atoms with Crippen LogP contribution in [-0.2, 0) is 0 Å². The molecule has 0 radical (unpaired) electrons. The summed E-state index contributed by atoms with van der Waals surface area (Å²) in [5, 5.41) is 24.7. The third kappa shape index (κ3) is 3.07. The smallest absolute Gasteiger partial charge is 0.335 e. The van der Waals surface area contributed by atoms with Crippen LogP contribution in [0, 0.1) is 0 Å². The van der Waals surface area contributed by atoms with Crippen LogP contribution in [0.5, 0.6) is 0 Å². The lowest BCUT2D eigenvalue weighted by molar-refractivity contribution is 0.0697. The van der Waals surface area contributed by atoms with Crippen molar-refractivity contribution < 1.29 is 9.90 Å². The summed E-state index contributed by atoms with van der Waals surface area (Å²) in [6.45, 7) is 7.30. The molecule has 0 fully saturated rings. The molecule has 0 bridgehead atoms. The first-order chi connectivity index (χ1) is 12.1. The molecule has 0 atom stereocenters. The van der Waals surface area contributed by atoms with Crippen molar-refractivity contribution in [1.82, 2.24) is 30.0 Å². The average Bonchev–Trinajstić information content (AvgIpc) is 3.30. The number of aromatic nitrogens is 6. The first-order valence-corrected chi connectivity index (χ1v) is 7.06. The third-order valence-electron chi connectivity index (χ3n) is 3.36. The summed E-state index contributed by atoms with van der Waals surface area (Å²) in [5.41, 5.74) is 7.61. The van der Waals surface area contributed by atoms with Crippen molar-refractivity contribution >= 4 is 17.4 Å². The molecule has 2 aromatic heterocycles. The van der Waals surface area contributed by atoms with E-state index >= 15 is 0 Å². The van der Waals surface area contributed by atoms with E-state index in [0.717, 1.165) is 0 Å².